The number of aryl methyl sites for hydroxylation is 6. The molecule has 4 aromatic carbocycles. The third-order valence-electron chi connectivity index (χ3n) is 9.10. The van der Waals surface area contributed by atoms with Crippen LogP contribution < -0.4 is 15.7 Å². The van der Waals surface area contributed by atoms with E-state index in [2.05, 4.69) is 76.1 Å². The number of rotatable bonds is 9. The van der Waals surface area contributed by atoms with Crippen molar-refractivity contribution in [3.8, 4) is 22.5 Å². The smallest absolute Gasteiger partial charge is 0.210 e. The largest absolute Gasteiger partial charge is 0.744 e. The molecule has 0 radical (unpaired) electrons. The van der Waals surface area contributed by atoms with Crippen LogP contribution in [0.25, 0.3) is 33.4 Å². The fourth-order valence-corrected chi connectivity index (χ4v) is 7.52. The third kappa shape index (κ3) is 6.40. The second-order valence-electron chi connectivity index (χ2n) is 12.4. The van der Waals surface area contributed by atoms with Gasteiger partial charge in [0.25, 0.3) is 0 Å². The van der Waals surface area contributed by atoms with Crippen LogP contribution in [-0.4, -0.2) is 13.0 Å². The lowest BCUT2D eigenvalue weighted by molar-refractivity contribution is -0.403. The SMILES string of the molecule is CCc1cc(C)cc(CC)c1Nc1ccc2c(-c3ccccc3S(=O)(=O)[O-])c3ccc(=[NH+]c4c(CC)cc(C)cc4CC)cc-3oc2c1. The zero-order valence-corrected chi connectivity index (χ0v) is 29.3. The van der Waals surface area contributed by atoms with Crippen molar-refractivity contribution in [2.24, 2.45) is 0 Å². The first-order chi connectivity index (χ1) is 23.0. The summed E-state index contributed by atoms with van der Waals surface area (Å²) in [6.07, 6.45) is 3.56. The van der Waals surface area contributed by atoms with Gasteiger partial charge in [0.05, 0.1) is 11.0 Å². The van der Waals surface area contributed by atoms with E-state index in [1.165, 1.54) is 39.4 Å². The van der Waals surface area contributed by atoms with Crippen molar-refractivity contribution in [1.82, 2.24) is 0 Å². The van der Waals surface area contributed by atoms with Crippen molar-refractivity contribution in [2.75, 3.05) is 5.32 Å². The number of fused-ring (bicyclic) bond motifs is 2. The monoisotopic (exact) mass is 658 g/mol. The average Bonchev–Trinajstić information content (AvgIpc) is 3.07. The Bertz CT molecular complexity index is 2270. The van der Waals surface area contributed by atoms with Crippen LogP contribution in [0.5, 0.6) is 0 Å². The van der Waals surface area contributed by atoms with Gasteiger partial charge in [0.2, 0.25) is 11.0 Å². The summed E-state index contributed by atoms with van der Waals surface area (Å²) >= 11 is 0. The Balaban J connectivity index is 1.62. The van der Waals surface area contributed by atoms with Gasteiger partial charge in [0.1, 0.15) is 21.5 Å². The highest BCUT2D eigenvalue weighted by molar-refractivity contribution is 7.85. The Morgan fingerprint density at radius 2 is 1.31 bits per heavy atom. The van der Waals surface area contributed by atoms with E-state index < -0.39 is 10.1 Å². The third-order valence-corrected chi connectivity index (χ3v) is 10.00. The standard InChI is InChI=1S/C41H42N2O4S/c1-7-27-19-25(5)20-28(8-2)40(27)42-31-15-17-33-36(23-31)47-37-24-32(43-41-29(9-3)21-26(6)22-30(41)10-4)16-18-34(37)39(33)35-13-11-12-14-38(35)48(44,45)46/h11-24,42H,7-10H2,1-6H3,(H,44,45,46). The molecule has 7 heteroatoms. The molecule has 0 aromatic heterocycles. The van der Waals surface area contributed by atoms with Crippen molar-refractivity contribution in [2.45, 2.75) is 72.1 Å². The first-order valence-corrected chi connectivity index (χ1v) is 18.1. The van der Waals surface area contributed by atoms with E-state index >= 15 is 0 Å². The van der Waals surface area contributed by atoms with Crippen LogP contribution in [0.4, 0.5) is 17.1 Å². The van der Waals surface area contributed by atoms with Gasteiger partial charge in [-0.15, -0.1) is 0 Å². The van der Waals surface area contributed by atoms with E-state index in [0.717, 1.165) is 48.1 Å². The molecule has 1 aliphatic carbocycles. The van der Waals surface area contributed by atoms with Crippen molar-refractivity contribution in [3.05, 3.63) is 124 Å². The molecule has 246 valence electrons. The molecule has 0 fully saturated rings. The molecule has 1 heterocycles. The van der Waals surface area contributed by atoms with Crippen LogP contribution >= 0.6 is 0 Å². The van der Waals surface area contributed by atoms with Crippen molar-refractivity contribution < 1.29 is 22.4 Å². The molecule has 0 atom stereocenters. The van der Waals surface area contributed by atoms with Crippen molar-refractivity contribution in [3.63, 3.8) is 0 Å². The molecule has 0 bridgehead atoms. The number of hydrogen-bond acceptors (Lipinski definition) is 5. The van der Waals surface area contributed by atoms with E-state index in [1.807, 2.05) is 36.4 Å². The highest BCUT2D eigenvalue weighted by Crippen LogP contribution is 2.43. The molecule has 2 N–H and O–H groups in total. The van der Waals surface area contributed by atoms with Gasteiger partial charge in [-0.25, -0.2) is 13.4 Å². The van der Waals surface area contributed by atoms with Crippen LogP contribution in [0.3, 0.4) is 0 Å². The minimum absolute atomic E-state index is 0.261. The fraction of sp³-hybridized carbons (Fsp3) is 0.244. The second-order valence-corrected chi connectivity index (χ2v) is 13.8. The minimum Gasteiger partial charge on any atom is -0.744 e. The second kappa shape index (κ2) is 13.4. The molecule has 1 aliphatic heterocycles. The Kier molecular flexibility index (Phi) is 9.28. The number of benzene rings is 5. The molecular formula is C41H42N2O4S. The van der Waals surface area contributed by atoms with Gasteiger partial charge >= 0.3 is 0 Å². The summed E-state index contributed by atoms with van der Waals surface area (Å²) in [4.78, 5) is 3.40. The zero-order valence-electron chi connectivity index (χ0n) is 28.5. The highest BCUT2D eigenvalue weighted by Gasteiger charge is 2.22. The Hall–Kier alpha value is -4.72. The summed E-state index contributed by atoms with van der Waals surface area (Å²) in [7, 11) is -4.76. The Morgan fingerprint density at radius 1 is 0.708 bits per heavy atom. The summed E-state index contributed by atoms with van der Waals surface area (Å²) in [5.74, 6) is 0.569. The fourth-order valence-electron chi connectivity index (χ4n) is 6.84. The normalized spacial score (nSPS) is 12.3. The lowest BCUT2D eigenvalue weighted by Gasteiger charge is -2.20. The highest BCUT2D eigenvalue weighted by atomic mass is 32.2. The Labute approximate surface area is 283 Å². The predicted octanol–water partition coefficient (Wildman–Crippen LogP) is 8.03. The maximum atomic E-state index is 12.5. The maximum absolute atomic E-state index is 12.5. The van der Waals surface area contributed by atoms with Crippen LogP contribution in [0.15, 0.2) is 94.2 Å². The van der Waals surface area contributed by atoms with E-state index in [0.29, 0.717) is 33.4 Å². The number of hydrogen-bond donors (Lipinski definition) is 2. The molecule has 6 nitrogen and oxygen atoms in total. The molecule has 48 heavy (non-hydrogen) atoms. The first kappa shape index (κ1) is 33.2. The molecule has 2 aliphatic rings. The summed E-state index contributed by atoms with van der Waals surface area (Å²) in [6, 6.07) is 27.0. The molecule has 0 spiro atoms. The van der Waals surface area contributed by atoms with E-state index in [-0.39, 0.29) is 4.90 Å². The van der Waals surface area contributed by atoms with Gasteiger partial charge in [0.15, 0.2) is 0 Å². The van der Waals surface area contributed by atoms with Gasteiger partial charge < -0.3 is 14.3 Å². The summed E-state index contributed by atoms with van der Waals surface area (Å²) < 4.78 is 44.2. The molecule has 0 saturated heterocycles. The topological polar surface area (TPSA) is 96.3 Å². The van der Waals surface area contributed by atoms with Gasteiger partial charge in [-0.2, -0.15) is 0 Å². The molecular weight excluding hydrogens is 617 g/mol. The van der Waals surface area contributed by atoms with E-state index in [9.17, 15) is 13.0 Å². The van der Waals surface area contributed by atoms with Crippen LogP contribution in [0.2, 0.25) is 0 Å². The summed E-state index contributed by atoms with van der Waals surface area (Å²) in [5.41, 5.74) is 12.7. The van der Waals surface area contributed by atoms with Crippen molar-refractivity contribution in [1.29, 1.82) is 0 Å². The zero-order chi connectivity index (χ0) is 34.2. The quantitative estimate of drug-likeness (QED) is 0.121. The molecule has 4 aromatic rings. The Morgan fingerprint density at radius 3 is 1.92 bits per heavy atom. The molecule has 0 saturated carbocycles. The summed E-state index contributed by atoms with van der Waals surface area (Å²) in [6.45, 7) is 12.9. The van der Waals surface area contributed by atoms with Gasteiger partial charge in [-0.1, -0.05) is 69.2 Å². The lowest BCUT2D eigenvalue weighted by atomic mass is 9.93. The average molecular weight is 659 g/mol. The molecule has 6 rings (SSSR count). The number of nitrogens with one attached hydrogen (secondary N) is 2. The van der Waals surface area contributed by atoms with E-state index in [4.69, 9.17) is 4.42 Å². The van der Waals surface area contributed by atoms with Crippen molar-refractivity contribution >= 4 is 38.1 Å². The van der Waals surface area contributed by atoms with Gasteiger partial charge in [0, 0.05) is 56.7 Å². The summed E-state index contributed by atoms with van der Waals surface area (Å²) in [5, 5.41) is 5.22. The minimum atomic E-state index is -4.76. The first-order valence-electron chi connectivity index (χ1n) is 16.7. The van der Waals surface area contributed by atoms with Crippen LogP contribution in [0, 0.1) is 13.8 Å². The maximum Gasteiger partial charge on any atom is 0.210 e. The molecule has 0 amide bonds. The predicted molar refractivity (Wildman–Crippen MR) is 193 cm³/mol. The van der Waals surface area contributed by atoms with Gasteiger partial charge in [-0.3, -0.25) is 0 Å². The van der Waals surface area contributed by atoms with Gasteiger partial charge in [-0.05, 0) is 87.1 Å². The van der Waals surface area contributed by atoms with Crippen LogP contribution in [-0.2, 0) is 35.8 Å². The van der Waals surface area contributed by atoms with Crippen LogP contribution in [0.1, 0.15) is 61.1 Å². The molecule has 0 unspecified atom stereocenters. The lowest BCUT2D eigenvalue weighted by Crippen LogP contribution is -2.71. The van der Waals surface area contributed by atoms with E-state index in [1.54, 1.807) is 18.2 Å². The number of anilines is 2.